The minimum Gasteiger partial charge on any atom is -0.493 e. The molecule has 1 amide bonds. The van der Waals surface area contributed by atoms with Crippen LogP contribution in [0.5, 0.6) is 5.75 Å². The highest BCUT2D eigenvalue weighted by Gasteiger charge is 2.23. The molecule has 0 bridgehead atoms. The van der Waals surface area contributed by atoms with Crippen molar-refractivity contribution in [2.75, 3.05) is 33.4 Å². The fourth-order valence-electron chi connectivity index (χ4n) is 2.56. The fraction of sp³-hybridized carbons (Fsp3) is 0.588. The van der Waals surface area contributed by atoms with Crippen molar-refractivity contribution in [1.29, 1.82) is 0 Å². The molecule has 1 aliphatic rings. The quantitative estimate of drug-likeness (QED) is 0.755. The first-order chi connectivity index (χ1) is 10.7. The van der Waals surface area contributed by atoms with Crippen molar-refractivity contribution in [1.82, 2.24) is 10.6 Å². The van der Waals surface area contributed by atoms with E-state index < -0.39 is 0 Å². The van der Waals surface area contributed by atoms with E-state index in [1.807, 2.05) is 18.2 Å². The topological polar surface area (TPSA) is 59.6 Å². The molecule has 2 rings (SSSR count). The predicted molar refractivity (Wildman–Crippen MR) is 86.3 cm³/mol. The van der Waals surface area contributed by atoms with Crippen molar-refractivity contribution in [3.05, 3.63) is 29.8 Å². The molecular formula is C17H26N2O3. The van der Waals surface area contributed by atoms with Crippen molar-refractivity contribution in [2.45, 2.75) is 25.8 Å². The summed E-state index contributed by atoms with van der Waals surface area (Å²) < 4.78 is 10.6. The van der Waals surface area contributed by atoms with Gasteiger partial charge in [-0.05, 0) is 37.1 Å². The Kier molecular flexibility index (Phi) is 6.68. The standard InChI is InChI=1S/C17H26N2O3/c1-13-7-8-18-12-16(13)19-17(20)14-5-3-6-15(11-14)22-10-4-9-21-2/h3,5-6,11,13,16,18H,4,7-10,12H2,1-2H3,(H,19,20). The number of carbonyl (C=O) groups is 1. The molecule has 0 aliphatic carbocycles. The number of rotatable bonds is 7. The Bertz CT molecular complexity index is 479. The van der Waals surface area contributed by atoms with Gasteiger partial charge in [0.15, 0.2) is 0 Å². The second kappa shape index (κ2) is 8.76. The molecule has 1 saturated heterocycles. The van der Waals surface area contributed by atoms with E-state index in [0.717, 1.165) is 31.7 Å². The number of carbonyl (C=O) groups excluding carboxylic acids is 1. The number of hydrogen-bond acceptors (Lipinski definition) is 4. The molecule has 1 fully saturated rings. The number of piperidine rings is 1. The zero-order chi connectivity index (χ0) is 15.8. The van der Waals surface area contributed by atoms with E-state index in [9.17, 15) is 4.79 Å². The number of ether oxygens (including phenoxy) is 2. The third-order valence-electron chi connectivity index (χ3n) is 4.00. The van der Waals surface area contributed by atoms with Crippen molar-refractivity contribution in [3.63, 3.8) is 0 Å². The van der Waals surface area contributed by atoms with Crippen LogP contribution in [0.4, 0.5) is 0 Å². The molecule has 2 unspecified atom stereocenters. The molecule has 0 spiro atoms. The van der Waals surface area contributed by atoms with Crippen LogP contribution < -0.4 is 15.4 Å². The molecule has 2 atom stereocenters. The second-order valence-electron chi connectivity index (χ2n) is 5.77. The summed E-state index contributed by atoms with van der Waals surface area (Å²) in [6.45, 7) is 5.30. The molecule has 122 valence electrons. The normalized spacial score (nSPS) is 21.4. The Balaban J connectivity index is 1.89. The van der Waals surface area contributed by atoms with Gasteiger partial charge in [-0.3, -0.25) is 4.79 Å². The Labute approximate surface area is 132 Å². The minimum atomic E-state index is -0.0390. The maximum Gasteiger partial charge on any atom is 0.251 e. The van der Waals surface area contributed by atoms with E-state index >= 15 is 0 Å². The smallest absolute Gasteiger partial charge is 0.251 e. The van der Waals surface area contributed by atoms with Gasteiger partial charge in [0.05, 0.1) is 6.61 Å². The molecule has 22 heavy (non-hydrogen) atoms. The monoisotopic (exact) mass is 306 g/mol. The highest BCUT2D eigenvalue weighted by atomic mass is 16.5. The Morgan fingerprint density at radius 2 is 2.27 bits per heavy atom. The van der Waals surface area contributed by atoms with Gasteiger partial charge in [-0.25, -0.2) is 0 Å². The largest absolute Gasteiger partial charge is 0.493 e. The molecule has 0 radical (unpaired) electrons. The summed E-state index contributed by atoms with van der Waals surface area (Å²) in [4.78, 5) is 12.4. The molecule has 1 aromatic carbocycles. The van der Waals surface area contributed by atoms with E-state index in [-0.39, 0.29) is 11.9 Å². The van der Waals surface area contributed by atoms with Gasteiger partial charge < -0.3 is 20.1 Å². The number of nitrogens with one attached hydrogen (secondary N) is 2. The van der Waals surface area contributed by atoms with Crippen LogP contribution in [0.15, 0.2) is 24.3 Å². The summed E-state index contributed by atoms with van der Waals surface area (Å²) in [6.07, 6.45) is 1.92. The SMILES string of the molecule is COCCCOc1cccc(C(=O)NC2CNCCC2C)c1. The van der Waals surface area contributed by atoms with Gasteiger partial charge in [0.25, 0.3) is 5.91 Å². The molecule has 1 aliphatic heterocycles. The number of benzene rings is 1. The average Bonchev–Trinajstić information content (AvgIpc) is 2.54. The van der Waals surface area contributed by atoms with Crippen LogP contribution in [-0.4, -0.2) is 45.4 Å². The first-order valence-electron chi connectivity index (χ1n) is 7.94. The molecule has 1 heterocycles. The zero-order valence-electron chi connectivity index (χ0n) is 13.4. The molecule has 0 saturated carbocycles. The average molecular weight is 306 g/mol. The molecular weight excluding hydrogens is 280 g/mol. The van der Waals surface area contributed by atoms with Crippen LogP contribution in [0, 0.1) is 5.92 Å². The Morgan fingerprint density at radius 3 is 3.05 bits per heavy atom. The van der Waals surface area contributed by atoms with E-state index in [0.29, 0.717) is 24.7 Å². The van der Waals surface area contributed by atoms with E-state index in [1.54, 1.807) is 13.2 Å². The lowest BCUT2D eigenvalue weighted by molar-refractivity contribution is 0.0914. The Hall–Kier alpha value is -1.59. The lowest BCUT2D eigenvalue weighted by Gasteiger charge is -2.30. The third kappa shape index (κ3) is 5.00. The number of amides is 1. The summed E-state index contributed by atoms with van der Waals surface area (Å²) in [5.41, 5.74) is 0.641. The first-order valence-corrected chi connectivity index (χ1v) is 7.94. The second-order valence-corrected chi connectivity index (χ2v) is 5.77. The number of methoxy groups -OCH3 is 1. The van der Waals surface area contributed by atoms with Crippen molar-refractivity contribution >= 4 is 5.91 Å². The zero-order valence-corrected chi connectivity index (χ0v) is 13.4. The minimum absolute atomic E-state index is 0.0390. The van der Waals surface area contributed by atoms with Crippen LogP contribution >= 0.6 is 0 Å². The van der Waals surface area contributed by atoms with Gasteiger partial charge in [-0.15, -0.1) is 0 Å². The molecule has 2 N–H and O–H groups in total. The van der Waals surface area contributed by atoms with Crippen molar-refractivity contribution in [2.24, 2.45) is 5.92 Å². The lowest BCUT2D eigenvalue weighted by atomic mass is 9.94. The van der Waals surface area contributed by atoms with E-state index in [4.69, 9.17) is 9.47 Å². The molecule has 5 heteroatoms. The van der Waals surface area contributed by atoms with Gasteiger partial charge in [-0.2, -0.15) is 0 Å². The van der Waals surface area contributed by atoms with Crippen LogP contribution in [0.1, 0.15) is 30.1 Å². The maximum absolute atomic E-state index is 12.4. The van der Waals surface area contributed by atoms with Gasteiger partial charge in [0.2, 0.25) is 0 Å². The van der Waals surface area contributed by atoms with Crippen LogP contribution in [0.3, 0.4) is 0 Å². The van der Waals surface area contributed by atoms with Gasteiger partial charge in [0, 0.05) is 38.3 Å². The molecule has 0 aromatic heterocycles. The summed E-state index contributed by atoms with van der Waals surface area (Å²) >= 11 is 0. The highest BCUT2D eigenvalue weighted by Crippen LogP contribution is 2.16. The predicted octanol–water partition coefficient (Wildman–Crippen LogP) is 1.83. The molecule has 1 aromatic rings. The van der Waals surface area contributed by atoms with Crippen LogP contribution in [0.25, 0.3) is 0 Å². The number of hydrogen-bond donors (Lipinski definition) is 2. The summed E-state index contributed by atoms with van der Waals surface area (Å²) in [5.74, 6) is 1.18. The van der Waals surface area contributed by atoms with Crippen LogP contribution in [0.2, 0.25) is 0 Å². The Morgan fingerprint density at radius 1 is 1.41 bits per heavy atom. The summed E-state index contributed by atoms with van der Waals surface area (Å²) in [6, 6.07) is 7.52. The molecule has 5 nitrogen and oxygen atoms in total. The van der Waals surface area contributed by atoms with Crippen molar-refractivity contribution < 1.29 is 14.3 Å². The van der Waals surface area contributed by atoms with Gasteiger partial charge in [-0.1, -0.05) is 13.0 Å². The van der Waals surface area contributed by atoms with E-state index in [2.05, 4.69) is 17.6 Å². The van der Waals surface area contributed by atoms with Gasteiger partial charge in [0.1, 0.15) is 5.75 Å². The van der Waals surface area contributed by atoms with Crippen LogP contribution in [-0.2, 0) is 4.74 Å². The first kappa shape index (κ1) is 16.8. The third-order valence-corrected chi connectivity index (χ3v) is 4.00. The van der Waals surface area contributed by atoms with E-state index in [1.165, 1.54) is 0 Å². The fourth-order valence-corrected chi connectivity index (χ4v) is 2.56. The van der Waals surface area contributed by atoms with Gasteiger partial charge >= 0.3 is 0 Å². The maximum atomic E-state index is 12.4. The summed E-state index contributed by atoms with van der Waals surface area (Å²) in [7, 11) is 1.67. The summed E-state index contributed by atoms with van der Waals surface area (Å²) in [5, 5.41) is 6.43. The lowest BCUT2D eigenvalue weighted by Crippen LogP contribution is -2.50. The highest BCUT2D eigenvalue weighted by molar-refractivity contribution is 5.94. The van der Waals surface area contributed by atoms with Crippen molar-refractivity contribution in [3.8, 4) is 5.75 Å².